The Morgan fingerprint density at radius 2 is 1.14 bits per heavy atom. The van der Waals surface area contributed by atoms with Crippen LogP contribution in [0.1, 0.15) is 34.6 Å². The molecule has 10 N–H and O–H groups in total. The third kappa shape index (κ3) is 14.8. The third-order valence-electron chi connectivity index (χ3n) is 3.47. The molecular formula is C20H34N4O9S2. The lowest BCUT2D eigenvalue weighted by Crippen LogP contribution is -2.29. The van der Waals surface area contributed by atoms with Crippen molar-refractivity contribution in [3.8, 4) is 0 Å². The molecular weight excluding hydrogens is 504 g/mol. The normalized spacial score (nSPS) is 9.83. The molecule has 0 atom stereocenters. The van der Waals surface area contributed by atoms with Crippen LogP contribution in [0.4, 0.5) is 0 Å². The van der Waals surface area contributed by atoms with Gasteiger partial charge in [0.1, 0.15) is 0 Å². The number of ether oxygens (including phenoxy) is 1. The van der Waals surface area contributed by atoms with Crippen LogP contribution in [-0.4, -0.2) is 65.0 Å². The highest BCUT2D eigenvalue weighted by molar-refractivity contribution is 7.91. The van der Waals surface area contributed by atoms with E-state index in [0.717, 1.165) is 12.5 Å². The fourth-order valence-corrected chi connectivity index (χ4v) is 3.25. The highest BCUT2D eigenvalue weighted by Gasteiger charge is 2.10. The molecule has 200 valence electrons. The third-order valence-corrected chi connectivity index (χ3v) is 5.73. The van der Waals surface area contributed by atoms with Crippen LogP contribution in [0.15, 0.2) is 58.3 Å². The Hall–Kier alpha value is -2.92. The summed E-state index contributed by atoms with van der Waals surface area (Å²) in [7, 11) is -6.42. The highest BCUT2D eigenvalue weighted by Crippen LogP contribution is 2.11. The van der Waals surface area contributed by atoms with Gasteiger partial charge in [-0.3, -0.25) is 21.9 Å². The zero-order chi connectivity index (χ0) is 26.9. The van der Waals surface area contributed by atoms with Crippen LogP contribution >= 0.6 is 0 Å². The summed E-state index contributed by atoms with van der Waals surface area (Å²) in [6, 6.07) is 11.2. The molecule has 0 spiro atoms. The fourth-order valence-electron chi connectivity index (χ4n) is 1.99. The number of aliphatic hydroxyl groups excluding tert-OH is 1. The summed E-state index contributed by atoms with van der Waals surface area (Å²) in [5.74, 6) is 12.0. The first-order valence-corrected chi connectivity index (χ1v) is 13.3. The number of esters is 1. The van der Waals surface area contributed by atoms with Crippen LogP contribution in [0.5, 0.6) is 0 Å². The minimum absolute atomic E-state index is 0. The Bertz CT molecular complexity index is 1090. The quantitative estimate of drug-likeness (QED) is 0.133. The largest absolute Gasteiger partial charge is 0.462 e. The molecule has 0 aliphatic carbocycles. The first kappa shape index (κ1) is 36.6. The maximum Gasteiger partial charge on any atom is 0.338 e. The average molecular weight is 539 g/mol. The first-order chi connectivity index (χ1) is 15.8. The van der Waals surface area contributed by atoms with Gasteiger partial charge in [-0.15, -0.1) is 0 Å². The second-order valence-corrected chi connectivity index (χ2v) is 10.1. The van der Waals surface area contributed by atoms with Crippen LogP contribution < -0.4 is 23.0 Å². The van der Waals surface area contributed by atoms with Crippen molar-refractivity contribution in [1.82, 2.24) is 5.43 Å². The van der Waals surface area contributed by atoms with Crippen molar-refractivity contribution in [1.29, 1.82) is 0 Å². The van der Waals surface area contributed by atoms with Gasteiger partial charge in [0.15, 0.2) is 19.7 Å². The van der Waals surface area contributed by atoms with E-state index in [1.165, 1.54) is 48.5 Å². The van der Waals surface area contributed by atoms with Gasteiger partial charge in [-0.2, -0.15) is 0 Å². The Morgan fingerprint density at radius 1 is 0.829 bits per heavy atom. The van der Waals surface area contributed by atoms with Gasteiger partial charge in [-0.25, -0.2) is 27.5 Å². The van der Waals surface area contributed by atoms with Crippen molar-refractivity contribution >= 4 is 31.6 Å². The fraction of sp³-hybridized carbons (Fsp3) is 0.300. The number of nitrogen functional groups attached to an aromatic ring is 1. The number of nitrogens with one attached hydrogen (secondary N) is 1. The maximum absolute atomic E-state index is 11.2. The van der Waals surface area contributed by atoms with E-state index in [-0.39, 0.29) is 21.9 Å². The molecule has 0 saturated carbocycles. The van der Waals surface area contributed by atoms with Crippen molar-refractivity contribution in [2.45, 2.75) is 23.6 Å². The molecule has 15 heteroatoms. The summed E-state index contributed by atoms with van der Waals surface area (Å²) in [5, 5.41) is 7.57. The summed E-state index contributed by atoms with van der Waals surface area (Å²) >= 11 is 0. The molecule has 0 heterocycles. The van der Waals surface area contributed by atoms with Gasteiger partial charge in [-0.1, -0.05) is 0 Å². The van der Waals surface area contributed by atoms with Crippen LogP contribution in [0.25, 0.3) is 0 Å². The Labute approximate surface area is 205 Å². The molecule has 0 aliphatic heterocycles. The Balaban J connectivity index is -0.000000483. The first-order valence-electron chi connectivity index (χ1n) is 9.54. The standard InChI is InChI=1S/C10H12O4S.C8H10N2O3S.C2H6O.H4N2.H2O/c1-3-14-10(11)8-4-6-9(7-5-8)15(2,12)13;1-14(12,13)7-4-2-6(3-5-7)8(11)10-9;1-2-3;1-2;/h4-7H,3H2,1-2H3;2-5H,9H2,1H3,(H,10,11);3H,2H2,1H3;1-2H2;1H2. The number of hydrogen-bond donors (Lipinski definition) is 5. The molecule has 2 aromatic carbocycles. The molecule has 0 fully saturated rings. The van der Waals surface area contributed by atoms with E-state index in [2.05, 4.69) is 11.7 Å². The van der Waals surface area contributed by atoms with Gasteiger partial charge in [0.05, 0.1) is 22.0 Å². The molecule has 0 unspecified atom stereocenters. The molecule has 0 aliphatic rings. The number of nitrogens with two attached hydrogens (primary N) is 3. The minimum Gasteiger partial charge on any atom is -0.462 e. The number of sulfone groups is 2. The van der Waals surface area contributed by atoms with Gasteiger partial charge >= 0.3 is 5.97 Å². The number of hydrogen-bond acceptors (Lipinski definition) is 11. The van der Waals surface area contributed by atoms with E-state index in [9.17, 15) is 26.4 Å². The summed E-state index contributed by atoms with van der Waals surface area (Å²) in [4.78, 5) is 22.6. The van der Waals surface area contributed by atoms with E-state index in [1.807, 2.05) is 5.43 Å². The van der Waals surface area contributed by atoms with Crippen molar-refractivity contribution in [3.63, 3.8) is 0 Å². The van der Waals surface area contributed by atoms with Gasteiger partial charge in [0.25, 0.3) is 5.91 Å². The second kappa shape index (κ2) is 18.4. The zero-order valence-corrected chi connectivity index (χ0v) is 21.5. The number of carbonyl (C=O) groups is 2. The average Bonchev–Trinajstić information content (AvgIpc) is 2.80. The van der Waals surface area contributed by atoms with E-state index < -0.39 is 31.6 Å². The Morgan fingerprint density at radius 3 is 1.40 bits per heavy atom. The molecule has 0 aromatic heterocycles. The maximum atomic E-state index is 11.2. The van der Waals surface area contributed by atoms with Gasteiger partial charge in [-0.05, 0) is 62.4 Å². The van der Waals surface area contributed by atoms with Crippen LogP contribution in [0.2, 0.25) is 0 Å². The molecule has 1 amide bonds. The van der Waals surface area contributed by atoms with Crippen molar-refractivity contribution in [3.05, 3.63) is 59.7 Å². The summed E-state index contributed by atoms with van der Waals surface area (Å²) < 4.78 is 49.1. The zero-order valence-electron chi connectivity index (χ0n) is 19.9. The SMILES string of the molecule is CCO.CCOC(=O)c1ccc(S(C)(=O)=O)cc1.CS(=O)(=O)c1ccc(C(=O)NN)cc1.NN.O. The molecule has 0 saturated heterocycles. The summed E-state index contributed by atoms with van der Waals surface area (Å²) in [6.45, 7) is 3.94. The van der Waals surface area contributed by atoms with Crippen molar-refractivity contribution < 1.29 is 41.7 Å². The van der Waals surface area contributed by atoms with Crippen molar-refractivity contribution in [2.24, 2.45) is 17.5 Å². The number of carbonyl (C=O) groups excluding carboxylic acids is 2. The van der Waals surface area contributed by atoms with Crippen LogP contribution in [-0.2, 0) is 24.4 Å². The monoisotopic (exact) mass is 538 g/mol. The number of aliphatic hydroxyl groups is 1. The Kier molecular flexibility index (Phi) is 19.3. The summed E-state index contributed by atoms with van der Waals surface area (Å²) in [6.07, 6.45) is 2.22. The molecule has 35 heavy (non-hydrogen) atoms. The van der Waals surface area contributed by atoms with E-state index >= 15 is 0 Å². The van der Waals surface area contributed by atoms with E-state index in [4.69, 9.17) is 15.7 Å². The van der Waals surface area contributed by atoms with Gasteiger partial charge < -0.3 is 15.3 Å². The lowest BCUT2D eigenvalue weighted by atomic mass is 10.2. The lowest BCUT2D eigenvalue weighted by Gasteiger charge is -2.02. The number of rotatable bonds is 5. The van der Waals surface area contributed by atoms with E-state index in [0.29, 0.717) is 17.7 Å². The summed E-state index contributed by atoms with van der Waals surface area (Å²) in [5.41, 5.74) is 2.62. The van der Waals surface area contributed by atoms with Gasteiger partial charge in [0.2, 0.25) is 0 Å². The van der Waals surface area contributed by atoms with Crippen LogP contribution in [0, 0.1) is 0 Å². The predicted octanol–water partition coefficient (Wildman–Crippen LogP) is -1.05. The molecule has 0 radical (unpaired) electrons. The molecule has 13 nitrogen and oxygen atoms in total. The van der Waals surface area contributed by atoms with E-state index in [1.54, 1.807) is 13.8 Å². The number of benzene rings is 2. The highest BCUT2D eigenvalue weighted by atomic mass is 32.2. The minimum atomic E-state index is -3.21. The lowest BCUT2D eigenvalue weighted by molar-refractivity contribution is 0.0526. The number of hydrazine groups is 2. The van der Waals surface area contributed by atoms with Crippen LogP contribution in [0.3, 0.4) is 0 Å². The second-order valence-electron chi connectivity index (χ2n) is 6.10. The number of amides is 1. The van der Waals surface area contributed by atoms with Crippen molar-refractivity contribution in [2.75, 3.05) is 25.7 Å². The molecule has 0 bridgehead atoms. The smallest absolute Gasteiger partial charge is 0.338 e. The topological polar surface area (TPSA) is 253 Å². The molecule has 2 aromatic rings. The predicted molar refractivity (Wildman–Crippen MR) is 131 cm³/mol. The molecule has 2 rings (SSSR count). The van der Waals surface area contributed by atoms with Gasteiger partial charge in [0, 0.05) is 24.7 Å².